The Labute approximate surface area is 169 Å². The lowest BCUT2D eigenvalue weighted by atomic mass is 10.2. The van der Waals surface area contributed by atoms with Gasteiger partial charge in [0.1, 0.15) is 11.6 Å². The molecule has 2 heterocycles. The van der Waals surface area contributed by atoms with Gasteiger partial charge in [-0.15, -0.1) is 0 Å². The molecule has 3 aromatic rings. The number of benzene rings is 1. The zero-order valence-corrected chi connectivity index (χ0v) is 17.6. The van der Waals surface area contributed by atoms with E-state index in [0.717, 1.165) is 34.2 Å². The molecule has 28 heavy (non-hydrogen) atoms. The van der Waals surface area contributed by atoms with E-state index < -0.39 is 6.04 Å². The first-order valence-corrected chi connectivity index (χ1v) is 11.1. The van der Waals surface area contributed by atoms with Crippen LogP contribution in [0.25, 0.3) is 21.8 Å². The van der Waals surface area contributed by atoms with Crippen molar-refractivity contribution in [1.82, 2.24) is 19.7 Å². The molecule has 1 N–H and O–H groups in total. The second-order valence-electron chi connectivity index (χ2n) is 6.90. The van der Waals surface area contributed by atoms with Crippen LogP contribution < -0.4 is 10.9 Å². The second-order valence-corrected chi connectivity index (χ2v) is 8.13. The van der Waals surface area contributed by atoms with Crippen molar-refractivity contribution in [2.24, 2.45) is 7.05 Å². The summed E-state index contributed by atoms with van der Waals surface area (Å²) in [6, 6.07) is 7.39. The van der Waals surface area contributed by atoms with E-state index in [1.807, 2.05) is 47.5 Å². The van der Waals surface area contributed by atoms with Crippen LogP contribution >= 0.6 is 11.8 Å². The van der Waals surface area contributed by atoms with Gasteiger partial charge in [0, 0.05) is 24.4 Å². The molecule has 0 fully saturated rings. The average molecular weight is 401 g/mol. The summed E-state index contributed by atoms with van der Waals surface area (Å²) in [5.74, 6) is 2.17. The Bertz CT molecular complexity index is 1020. The number of carbonyl (C=O) groups is 1. The first-order chi connectivity index (χ1) is 13.6. The maximum absolute atomic E-state index is 13.0. The number of para-hydroxylation sites is 1. The zero-order chi connectivity index (χ0) is 20.1. The van der Waals surface area contributed by atoms with Crippen LogP contribution in [0.15, 0.2) is 35.3 Å². The molecule has 1 aromatic carbocycles. The summed E-state index contributed by atoms with van der Waals surface area (Å²) in [6.45, 7) is 4.81. The average Bonchev–Trinajstić information content (AvgIpc) is 3.03. The van der Waals surface area contributed by atoms with E-state index in [-0.39, 0.29) is 11.5 Å². The predicted molar refractivity (Wildman–Crippen MR) is 117 cm³/mol. The van der Waals surface area contributed by atoms with Gasteiger partial charge in [-0.05, 0) is 36.8 Å². The fourth-order valence-corrected chi connectivity index (χ4v) is 4.39. The molecule has 0 radical (unpaired) electrons. The van der Waals surface area contributed by atoms with Crippen molar-refractivity contribution < 1.29 is 4.79 Å². The summed E-state index contributed by atoms with van der Waals surface area (Å²) in [5.41, 5.74) is 1.25. The molecule has 7 heteroatoms. The summed E-state index contributed by atoms with van der Waals surface area (Å²) in [6.07, 6.45) is 4.44. The van der Waals surface area contributed by atoms with Gasteiger partial charge in [-0.3, -0.25) is 9.59 Å². The number of amides is 1. The number of nitrogens with one attached hydrogen (secondary N) is 1. The fourth-order valence-electron chi connectivity index (χ4n) is 3.55. The van der Waals surface area contributed by atoms with E-state index in [1.165, 1.54) is 11.1 Å². The zero-order valence-electron chi connectivity index (χ0n) is 16.8. The SMILES string of the molecule is CCCSCCCNC(=O)C(CC)n1c2ccccc2c2cnn(C)c(=O)c21. The predicted octanol–water partition coefficient (Wildman–Crippen LogP) is 3.49. The van der Waals surface area contributed by atoms with E-state index >= 15 is 0 Å². The lowest BCUT2D eigenvalue weighted by molar-refractivity contribution is -0.124. The van der Waals surface area contributed by atoms with E-state index in [9.17, 15) is 9.59 Å². The van der Waals surface area contributed by atoms with Crippen molar-refractivity contribution in [1.29, 1.82) is 0 Å². The first-order valence-electron chi connectivity index (χ1n) is 9.90. The Morgan fingerprint density at radius 2 is 2.00 bits per heavy atom. The van der Waals surface area contributed by atoms with Crippen LogP contribution in [0.4, 0.5) is 0 Å². The van der Waals surface area contributed by atoms with E-state index in [0.29, 0.717) is 18.5 Å². The Balaban J connectivity index is 1.94. The van der Waals surface area contributed by atoms with Crippen LogP contribution in [0, 0.1) is 0 Å². The van der Waals surface area contributed by atoms with Gasteiger partial charge in [-0.1, -0.05) is 32.0 Å². The number of carbonyl (C=O) groups excluding carboxylic acids is 1. The standard InChI is InChI=1S/C21H28N4O2S/c1-4-12-28-13-8-11-22-20(26)17(5-2)25-18-10-7-6-9-15(18)16-14-23-24(3)21(27)19(16)25/h6-7,9-10,14,17H,4-5,8,11-13H2,1-3H3,(H,22,26). The van der Waals surface area contributed by atoms with Crippen LogP contribution in [-0.4, -0.2) is 38.3 Å². The minimum atomic E-state index is -0.430. The van der Waals surface area contributed by atoms with Gasteiger partial charge in [0.15, 0.2) is 0 Å². The van der Waals surface area contributed by atoms with Crippen LogP contribution in [0.3, 0.4) is 0 Å². The summed E-state index contributed by atoms with van der Waals surface area (Å²) in [5, 5.41) is 8.98. The highest BCUT2D eigenvalue weighted by Crippen LogP contribution is 2.30. The number of hydrogen-bond donors (Lipinski definition) is 1. The van der Waals surface area contributed by atoms with Crippen LogP contribution in [0.2, 0.25) is 0 Å². The Hall–Kier alpha value is -2.28. The van der Waals surface area contributed by atoms with Crippen molar-refractivity contribution in [3.8, 4) is 0 Å². The molecule has 1 unspecified atom stereocenters. The molecular formula is C21H28N4O2S. The number of aromatic nitrogens is 3. The number of aryl methyl sites for hydroxylation is 1. The summed E-state index contributed by atoms with van der Waals surface area (Å²) in [7, 11) is 1.64. The van der Waals surface area contributed by atoms with Gasteiger partial charge in [-0.2, -0.15) is 16.9 Å². The van der Waals surface area contributed by atoms with Gasteiger partial charge in [0.2, 0.25) is 5.91 Å². The Morgan fingerprint density at radius 3 is 2.75 bits per heavy atom. The van der Waals surface area contributed by atoms with Gasteiger partial charge in [-0.25, -0.2) is 4.68 Å². The molecule has 0 aliphatic carbocycles. The van der Waals surface area contributed by atoms with Crippen molar-refractivity contribution in [3.05, 3.63) is 40.8 Å². The molecule has 150 valence electrons. The number of nitrogens with zero attached hydrogens (tertiary/aromatic N) is 3. The summed E-state index contributed by atoms with van der Waals surface area (Å²) in [4.78, 5) is 25.8. The maximum Gasteiger partial charge on any atom is 0.291 e. The molecule has 0 saturated carbocycles. The molecular weight excluding hydrogens is 372 g/mol. The van der Waals surface area contributed by atoms with E-state index in [4.69, 9.17) is 0 Å². The van der Waals surface area contributed by atoms with Crippen LogP contribution in [-0.2, 0) is 11.8 Å². The molecule has 6 nitrogen and oxygen atoms in total. The Morgan fingerprint density at radius 1 is 1.21 bits per heavy atom. The second kappa shape index (κ2) is 9.28. The molecule has 0 saturated heterocycles. The topological polar surface area (TPSA) is 68.9 Å². The maximum atomic E-state index is 13.0. The molecule has 2 aromatic heterocycles. The van der Waals surface area contributed by atoms with Crippen molar-refractivity contribution in [3.63, 3.8) is 0 Å². The molecule has 0 aliphatic heterocycles. The van der Waals surface area contributed by atoms with Gasteiger partial charge < -0.3 is 9.88 Å². The van der Waals surface area contributed by atoms with E-state index in [2.05, 4.69) is 17.3 Å². The largest absolute Gasteiger partial charge is 0.354 e. The lowest BCUT2D eigenvalue weighted by Crippen LogP contribution is -2.34. The monoisotopic (exact) mass is 400 g/mol. The highest BCUT2D eigenvalue weighted by Gasteiger charge is 2.25. The number of fused-ring (bicyclic) bond motifs is 3. The van der Waals surface area contributed by atoms with Gasteiger partial charge in [0.05, 0.1) is 11.7 Å². The molecule has 0 bridgehead atoms. The number of hydrogen-bond acceptors (Lipinski definition) is 4. The molecule has 1 amide bonds. The van der Waals surface area contributed by atoms with Crippen LogP contribution in [0.5, 0.6) is 0 Å². The highest BCUT2D eigenvalue weighted by atomic mass is 32.2. The molecule has 0 spiro atoms. The van der Waals surface area contributed by atoms with Gasteiger partial charge >= 0.3 is 0 Å². The third-order valence-corrected chi connectivity index (χ3v) is 6.19. The first kappa shape index (κ1) is 20.5. The molecule has 3 rings (SSSR count). The minimum absolute atomic E-state index is 0.0375. The summed E-state index contributed by atoms with van der Waals surface area (Å²) >= 11 is 1.92. The third kappa shape index (κ3) is 3.94. The van der Waals surface area contributed by atoms with Crippen molar-refractivity contribution >= 4 is 39.5 Å². The van der Waals surface area contributed by atoms with Crippen LogP contribution in [0.1, 0.15) is 39.2 Å². The lowest BCUT2D eigenvalue weighted by Gasteiger charge is -2.19. The third-order valence-electron chi connectivity index (χ3n) is 4.92. The summed E-state index contributed by atoms with van der Waals surface area (Å²) < 4.78 is 3.23. The molecule has 1 atom stereocenters. The highest BCUT2D eigenvalue weighted by molar-refractivity contribution is 7.99. The molecule has 0 aliphatic rings. The fraction of sp³-hybridized carbons (Fsp3) is 0.476. The van der Waals surface area contributed by atoms with E-state index in [1.54, 1.807) is 13.2 Å². The van der Waals surface area contributed by atoms with Crippen molar-refractivity contribution in [2.75, 3.05) is 18.1 Å². The quantitative estimate of drug-likeness (QED) is 0.558. The minimum Gasteiger partial charge on any atom is -0.354 e. The smallest absolute Gasteiger partial charge is 0.291 e. The number of rotatable bonds is 9. The normalized spacial score (nSPS) is 12.5. The van der Waals surface area contributed by atoms with Crippen molar-refractivity contribution in [2.45, 2.75) is 39.2 Å². The Kier molecular flexibility index (Phi) is 6.78. The number of thioether (sulfide) groups is 1. The van der Waals surface area contributed by atoms with Gasteiger partial charge in [0.25, 0.3) is 5.56 Å².